The number of esters is 1. The summed E-state index contributed by atoms with van der Waals surface area (Å²) >= 11 is 0. The van der Waals surface area contributed by atoms with Gasteiger partial charge in [0.15, 0.2) is 0 Å². The van der Waals surface area contributed by atoms with Gasteiger partial charge in [0, 0.05) is 11.1 Å². The van der Waals surface area contributed by atoms with Crippen LogP contribution in [-0.4, -0.2) is 25.8 Å². The standard InChI is InChI=1S/C45H54O4/c1-2-3-4-10-16-35-48-44-33-29-41(30-34-44)40-25-27-42(28-26-40)45(46)49-37-18-12-9-7-5-6-8-11-17-36-47-43-31-23-39(24-32-43)22-21-38-19-14-13-15-20-38/h13-15,19-20,23-34H,2-12,16-18,35-37H2,1H3. The van der Waals surface area contributed by atoms with Crippen LogP contribution in [0.1, 0.15) is 118 Å². The lowest BCUT2D eigenvalue weighted by molar-refractivity contribution is 0.0497. The molecule has 0 fully saturated rings. The minimum Gasteiger partial charge on any atom is -0.494 e. The molecule has 4 nitrogen and oxygen atoms in total. The summed E-state index contributed by atoms with van der Waals surface area (Å²) in [5.74, 6) is 7.95. The van der Waals surface area contributed by atoms with Crippen LogP contribution in [0.15, 0.2) is 103 Å². The number of hydrogen-bond donors (Lipinski definition) is 0. The Morgan fingerprint density at radius 3 is 1.43 bits per heavy atom. The van der Waals surface area contributed by atoms with E-state index in [4.69, 9.17) is 14.2 Å². The summed E-state index contributed by atoms with van der Waals surface area (Å²) in [6, 6.07) is 33.9. The van der Waals surface area contributed by atoms with Gasteiger partial charge < -0.3 is 14.2 Å². The van der Waals surface area contributed by atoms with Crippen LogP contribution >= 0.6 is 0 Å². The summed E-state index contributed by atoms with van der Waals surface area (Å²) in [4.78, 5) is 12.5. The van der Waals surface area contributed by atoms with Crippen LogP contribution in [-0.2, 0) is 4.74 Å². The molecule has 4 aromatic carbocycles. The molecule has 0 aromatic heterocycles. The lowest BCUT2D eigenvalue weighted by atomic mass is 10.0. The maximum Gasteiger partial charge on any atom is 0.338 e. The Morgan fingerprint density at radius 2 is 0.898 bits per heavy atom. The number of rotatable bonds is 22. The number of carbonyl (C=O) groups excluding carboxylic acids is 1. The highest BCUT2D eigenvalue weighted by atomic mass is 16.5. The van der Waals surface area contributed by atoms with Gasteiger partial charge in [-0.2, -0.15) is 0 Å². The Morgan fingerprint density at radius 1 is 0.469 bits per heavy atom. The second kappa shape index (κ2) is 23.0. The van der Waals surface area contributed by atoms with Crippen molar-refractivity contribution in [3.8, 4) is 34.5 Å². The highest BCUT2D eigenvalue weighted by molar-refractivity contribution is 5.90. The predicted octanol–water partition coefficient (Wildman–Crippen LogP) is 11.8. The second-order valence-electron chi connectivity index (χ2n) is 12.7. The SMILES string of the molecule is CCCCCCCOc1ccc(-c2ccc(C(=O)OCCCCCCCCCCCOc3ccc(C#Cc4ccccc4)cc3)cc2)cc1. The summed E-state index contributed by atoms with van der Waals surface area (Å²) in [6.07, 6.45) is 16.6. The molecule has 4 rings (SSSR count). The van der Waals surface area contributed by atoms with Crippen LogP contribution < -0.4 is 9.47 Å². The van der Waals surface area contributed by atoms with Gasteiger partial charge in [-0.25, -0.2) is 4.79 Å². The first-order valence-corrected chi connectivity index (χ1v) is 18.5. The van der Waals surface area contributed by atoms with Gasteiger partial charge in [-0.1, -0.05) is 132 Å². The number of hydrogen-bond acceptors (Lipinski definition) is 4. The largest absolute Gasteiger partial charge is 0.494 e. The monoisotopic (exact) mass is 658 g/mol. The zero-order valence-electron chi connectivity index (χ0n) is 29.5. The summed E-state index contributed by atoms with van der Waals surface area (Å²) in [7, 11) is 0. The molecule has 0 N–H and O–H groups in total. The van der Waals surface area contributed by atoms with Crippen molar-refractivity contribution in [2.45, 2.75) is 96.8 Å². The topological polar surface area (TPSA) is 44.8 Å². The van der Waals surface area contributed by atoms with E-state index in [1.165, 1.54) is 64.2 Å². The average molecular weight is 659 g/mol. The lowest BCUT2D eigenvalue weighted by Crippen LogP contribution is -2.06. The van der Waals surface area contributed by atoms with Crippen LogP contribution in [0.3, 0.4) is 0 Å². The Kier molecular flexibility index (Phi) is 17.5. The van der Waals surface area contributed by atoms with E-state index >= 15 is 0 Å². The number of ether oxygens (including phenoxy) is 3. The van der Waals surface area contributed by atoms with Crippen molar-refractivity contribution in [2.75, 3.05) is 19.8 Å². The average Bonchev–Trinajstić information content (AvgIpc) is 3.15. The molecule has 0 aliphatic rings. The molecule has 0 heterocycles. The van der Waals surface area contributed by atoms with Crippen molar-refractivity contribution in [2.24, 2.45) is 0 Å². The fraction of sp³-hybridized carbons (Fsp3) is 0.400. The Hall–Kier alpha value is -4.49. The maximum atomic E-state index is 12.5. The van der Waals surface area contributed by atoms with Crippen molar-refractivity contribution < 1.29 is 19.0 Å². The van der Waals surface area contributed by atoms with Gasteiger partial charge in [-0.3, -0.25) is 0 Å². The molecule has 0 amide bonds. The normalized spacial score (nSPS) is 10.6. The third kappa shape index (κ3) is 15.1. The molecule has 4 aromatic rings. The zero-order valence-corrected chi connectivity index (χ0v) is 29.5. The summed E-state index contributed by atoms with van der Waals surface area (Å²) < 4.78 is 17.3. The Balaban J connectivity index is 0.966. The van der Waals surface area contributed by atoms with Gasteiger partial charge in [0.25, 0.3) is 0 Å². The van der Waals surface area contributed by atoms with Crippen molar-refractivity contribution in [1.29, 1.82) is 0 Å². The molecule has 0 bridgehead atoms. The molecule has 0 aliphatic carbocycles. The smallest absolute Gasteiger partial charge is 0.338 e. The van der Waals surface area contributed by atoms with E-state index in [2.05, 4.69) is 30.9 Å². The summed E-state index contributed by atoms with van der Waals surface area (Å²) in [6.45, 7) is 4.23. The van der Waals surface area contributed by atoms with Crippen LogP contribution in [0.2, 0.25) is 0 Å². The van der Waals surface area contributed by atoms with E-state index in [0.717, 1.165) is 72.6 Å². The molecule has 0 unspecified atom stereocenters. The molecular weight excluding hydrogens is 604 g/mol. The van der Waals surface area contributed by atoms with Crippen molar-refractivity contribution in [3.63, 3.8) is 0 Å². The van der Waals surface area contributed by atoms with Crippen molar-refractivity contribution in [3.05, 3.63) is 120 Å². The number of unbranched alkanes of at least 4 members (excludes halogenated alkanes) is 12. The van der Waals surface area contributed by atoms with E-state index in [9.17, 15) is 4.79 Å². The van der Waals surface area contributed by atoms with Gasteiger partial charge in [-0.05, 0) is 91.1 Å². The fourth-order valence-electron chi connectivity index (χ4n) is 5.62. The van der Waals surface area contributed by atoms with E-state index < -0.39 is 0 Å². The lowest BCUT2D eigenvalue weighted by Gasteiger charge is -2.08. The number of benzene rings is 4. The minimum atomic E-state index is -0.247. The quantitative estimate of drug-likeness (QED) is 0.0479. The first kappa shape index (κ1) is 37.3. The Bertz CT molecular complexity index is 1510. The van der Waals surface area contributed by atoms with Crippen LogP contribution in [0.4, 0.5) is 0 Å². The van der Waals surface area contributed by atoms with Gasteiger partial charge in [0.2, 0.25) is 0 Å². The van der Waals surface area contributed by atoms with Crippen molar-refractivity contribution in [1.82, 2.24) is 0 Å². The Labute approximate surface area is 295 Å². The highest BCUT2D eigenvalue weighted by Crippen LogP contribution is 2.23. The molecule has 258 valence electrons. The molecule has 0 aliphatic heterocycles. The molecule has 0 radical (unpaired) electrons. The molecule has 0 spiro atoms. The molecular formula is C45H54O4. The molecule has 4 heteroatoms. The van der Waals surface area contributed by atoms with Gasteiger partial charge in [0.05, 0.1) is 25.4 Å². The van der Waals surface area contributed by atoms with Gasteiger partial charge in [-0.15, -0.1) is 0 Å². The highest BCUT2D eigenvalue weighted by Gasteiger charge is 2.08. The predicted molar refractivity (Wildman–Crippen MR) is 202 cm³/mol. The van der Waals surface area contributed by atoms with Gasteiger partial charge >= 0.3 is 5.97 Å². The molecule has 0 saturated carbocycles. The maximum absolute atomic E-state index is 12.5. The van der Waals surface area contributed by atoms with E-state index in [1.807, 2.05) is 91.0 Å². The van der Waals surface area contributed by atoms with Crippen LogP contribution in [0, 0.1) is 11.8 Å². The zero-order chi connectivity index (χ0) is 34.2. The fourth-order valence-corrected chi connectivity index (χ4v) is 5.62. The summed E-state index contributed by atoms with van der Waals surface area (Å²) in [5, 5.41) is 0. The minimum absolute atomic E-state index is 0.247. The third-order valence-corrected chi connectivity index (χ3v) is 8.59. The third-order valence-electron chi connectivity index (χ3n) is 8.59. The van der Waals surface area contributed by atoms with Crippen LogP contribution in [0.5, 0.6) is 11.5 Å². The first-order chi connectivity index (χ1) is 24.2. The molecule has 49 heavy (non-hydrogen) atoms. The number of carbonyl (C=O) groups is 1. The second-order valence-corrected chi connectivity index (χ2v) is 12.7. The molecule has 0 saturated heterocycles. The summed E-state index contributed by atoms with van der Waals surface area (Å²) in [5.41, 5.74) is 4.79. The van der Waals surface area contributed by atoms with E-state index in [1.54, 1.807) is 0 Å². The van der Waals surface area contributed by atoms with Crippen molar-refractivity contribution >= 4 is 5.97 Å². The molecule has 0 atom stereocenters. The van der Waals surface area contributed by atoms with Gasteiger partial charge in [0.1, 0.15) is 11.5 Å². The van der Waals surface area contributed by atoms with E-state index in [0.29, 0.717) is 12.2 Å². The van der Waals surface area contributed by atoms with E-state index in [-0.39, 0.29) is 5.97 Å². The van der Waals surface area contributed by atoms with Crippen LogP contribution in [0.25, 0.3) is 11.1 Å². The first-order valence-electron chi connectivity index (χ1n) is 18.5.